The Kier molecular flexibility index (Phi) is 7.09. The number of likely N-dealkylation sites (tertiary alicyclic amines) is 1. The zero-order valence-corrected chi connectivity index (χ0v) is 22.2. The minimum Gasteiger partial charge on any atom is -0.394 e. The molecule has 3 fully saturated rings. The number of anilines is 2. The molecule has 0 saturated carbocycles. The predicted octanol–water partition coefficient (Wildman–Crippen LogP) is 2.00. The third-order valence-electron chi connectivity index (χ3n) is 8.87. The molecule has 3 unspecified atom stereocenters. The smallest absolute Gasteiger partial charge is 0.250 e. The number of carbonyl (C=O) groups is 3. The van der Waals surface area contributed by atoms with Gasteiger partial charge in [0.05, 0.1) is 30.1 Å². The molecule has 7 atom stereocenters. The first-order valence-electron chi connectivity index (χ1n) is 13.1. The molecule has 3 N–H and O–H groups in total. The van der Waals surface area contributed by atoms with Crippen LogP contribution in [0.4, 0.5) is 11.4 Å². The van der Waals surface area contributed by atoms with Crippen LogP contribution in [0.1, 0.15) is 47.5 Å². The van der Waals surface area contributed by atoms with Crippen LogP contribution < -0.4 is 15.5 Å². The van der Waals surface area contributed by atoms with Crippen LogP contribution in [-0.2, 0) is 19.1 Å². The molecule has 3 aliphatic rings. The molecule has 1 aromatic carbocycles. The van der Waals surface area contributed by atoms with Gasteiger partial charge in [0.2, 0.25) is 17.7 Å². The standard InChI is InChI=1S/C27H40N4O5/c1-7-18(15-32)31-22(24(34)29-17-10-12-19(13-11-17)30(8-2)9-3)27-14-16(4)26(5,36-27)20(23(33)28-6)21(27)25(31)35/h10-13,16,18,20-22,32H,7-9,14-15H2,1-6H3,(H,28,33)(H,29,34)/t16?,18-,20+,21-,22?,26-,27?/m0/s1. The molecular weight excluding hydrogens is 460 g/mol. The van der Waals surface area contributed by atoms with Crippen molar-refractivity contribution in [2.75, 3.05) is 37.0 Å². The third kappa shape index (κ3) is 3.70. The number of aliphatic hydroxyl groups excluding tert-OH is 1. The van der Waals surface area contributed by atoms with Crippen LogP contribution in [0.3, 0.4) is 0 Å². The molecule has 0 aliphatic carbocycles. The summed E-state index contributed by atoms with van der Waals surface area (Å²) in [5.41, 5.74) is -0.295. The quantitative estimate of drug-likeness (QED) is 0.478. The highest BCUT2D eigenvalue weighted by Crippen LogP contribution is 2.65. The van der Waals surface area contributed by atoms with Crippen molar-refractivity contribution in [2.24, 2.45) is 17.8 Å². The van der Waals surface area contributed by atoms with Gasteiger partial charge in [-0.15, -0.1) is 0 Å². The molecule has 3 saturated heterocycles. The van der Waals surface area contributed by atoms with Crippen LogP contribution in [-0.4, -0.2) is 77.8 Å². The number of hydrogen-bond acceptors (Lipinski definition) is 6. The van der Waals surface area contributed by atoms with Gasteiger partial charge in [-0.3, -0.25) is 14.4 Å². The number of fused-ring (bicyclic) bond motifs is 1. The largest absolute Gasteiger partial charge is 0.394 e. The average molecular weight is 501 g/mol. The first-order valence-corrected chi connectivity index (χ1v) is 13.1. The van der Waals surface area contributed by atoms with Crippen LogP contribution in [0, 0.1) is 17.8 Å². The summed E-state index contributed by atoms with van der Waals surface area (Å²) >= 11 is 0. The van der Waals surface area contributed by atoms with E-state index in [9.17, 15) is 19.5 Å². The normalized spacial score (nSPS) is 33.4. The number of benzene rings is 1. The van der Waals surface area contributed by atoms with E-state index in [0.717, 1.165) is 18.8 Å². The molecule has 3 amide bonds. The second-order valence-corrected chi connectivity index (χ2v) is 10.5. The van der Waals surface area contributed by atoms with Crippen molar-refractivity contribution in [1.29, 1.82) is 0 Å². The van der Waals surface area contributed by atoms with Gasteiger partial charge in [0, 0.05) is 31.5 Å². The summed E-state index contributed by atoms with van der Waals surface area (Å²) in [5, 5.41) is 15.8. The summed E-state index contributed by atoms with van der Waals surface area (Å²) in [6.07, 6.45) is 0.968. The van der Waals surface area contributed by atoms with Crippen LogP contribution in [0.15, 0.2) is 24.3 Å². The van der Waals surface area contributed by atoms with Crippen LogP contribution in [0.25, 0.3) is 0 Å². The molecule has 1 aromatic rings. The van der Waals surface area contributed by atoms with E-state index in [4.69, 9.17) is 4.74 Å². The Hall–Kier alpha value is -2.65. The highest BCUT2D eigenvalue weighted by molar-refractivity contribution is 6.04. The van der Waals surface area contributed by atoms with Crippen molar-refractivity contribution in [3.63, 3.8) is 0 Å². The number of nitrogens with one attached hydrogen (secondary N) is 2. The second-order valence-electron chi connectivity index (χ2n) is 10.5. The summed E-state index contributed by atoms with van der Waals surface area (Å²) in [6, 6.07) is 6.14. The Bertz CT molecular complexity index is 1010. The summed E-state index contributed by atoms with van der Waals surface area (Å²) < 4.78 is 6.64. The van der Waals surface area contributed by atoms with Gasteiger partial charge < -0.3 is 30.3 Å². The third-order valence-corrected chi connectivity index (χ3v) is 8.87. The molecule has 4 rings (SSSR count). The van der Waals surface area contributed by atoms with E-state index in [0.29, 0.717) is 18.5 Å². The monoisotopic (exact) mass is 500 g/mol. The fourth-order valence-electron chi connectivity index (χ4n) is 6.89. The second kappa shape index (κ2) is 9.67. The van der Waals surface area contributed by atoms with Crippen molar-refractivity contribution in [3.05, 3.63) is 24.3 Å². The maximum atomic E-state index is 13.9. The van der Waals surface area contributed by atoms with Gasteiger partial charge in [-0.05, 0) is 63.8 Å². The van der Waals surface area contributed by atoms with Crippen LogP contribution >= 0.6 is 0 Å². The summed E-state index contributed by atoms with van der Waals surface area (Å²) in [7, 11) is 1.56. The van der Waals surface area contributed by atoms with Crippen molar-refractivity contribution in [1.82, 2.24) is 10.2 Å². The maximum absolute atomic E-state index is 13.9. The van der Waals surface area contributed by atoms with E-state index in [1.165, 1.54) is 4.90 Å². The van der Waals surface area contributed by atoms with E-state index < -0.39 is 35.1 Å². The molecule has 9 nitrogen and oxygen atoms in total. The van der Waals surface area contributed by atoms with Gasteiger partial charge in [0.1, 0.15) is 11.6 Å². The van der Waals surface area contributed by atoms with Gasteiger partial charge in [0.15, 0.2) is 0 Å². The molecule has 0 aromatic heterocycles. The first kappa shape index (κ1) is 26.4. The molecule has 3 aliphatic heterocycles. The maximum Gasteiger partial charge on any atom is 0.250 e. The molecular formula is C27H40N4O5. The predicted molar refractivity (Wildman–Crippen MR) is 137 cm³/mol. The Labute approximate surface area is 213 Å². The number of hydrogen-bond donors (Lipinski definition) is 3. The van der Waals surface area contributed by atoms with Gasteiger partial charge in [-0.25, -0.2) is 0 Å². The van der Waals surface area contributed by atoms with Crippen molar-refractivity contribution < 1.29 is 24.2 Å². The molecule has 36 heavy (non-hydrogen) atoms. The lowest BCUT2D eigenvalue weighted by Gasteiger charge is -2.36. The molecule has 1 spiro atoms. The average Bonchev–Trinajstić information content (AvgIpc) is 3.38. The Morgan fingerprint density at radius 2 is 1.83 bits per heavy atom. The fraction of sp³-hybridized carbons (Fsp3) is 0.667. The van der Waals surface area contributed by atoms with E-state index in [1.54, 1.807) is 7.05 Å². The van der Waals surface area contributed by atoms with Crippen molar-refractivity contribution in [2.45, 2.75) is 70.7 Å². The molecule has 3 heterocycles. The number of carbonyl (C=O) groups excluding carboxylic acids is 3. The van der Waals surface area contributed by atoms with Gasteiger partial charge in [-0.1, -0.05) is 13.8 Å². The fourth-order valence-corrected chi connectivity index (χ4v) is 6.89. The number of amides is 3. The minimum atomic E-state index is -1.13. The number of nitrogens with zero attached hydrogens (tertiary/aromatic N) is 2. The minimum absolute atomic E-state index is 0.0262. The summed E-state index contributed by atoms with van der Waals surface area (Å²) in [6.45, 7) is 11.4. The Balaban J connectivity index is 1.72. The molecule has 0 radical (unpaired) electrons. The number of rotatable bonds is 9. The van der Waals surface area contributed by atoms with Crippen LogP contribution in [0.2, 0.25) is 0 Å². The van der Waals surface area contributed by atoms with Gasteiger partial charge >= 0.3 is 0 Å². The number of ether oxygens (including phenoxy) is 1. The van der Waals surface area contributed by atoms with E-state index in [1.807, 2.05) is 45.0 Å². The van der Waals surface area contributed by atoms with E-state index >= 15 is 0 Å². The highest BCUT2D eigenvalue weighted by Gasteiger charge is 2.80. The summed E-state index contributed by atoms with van der Waals surface area (Å²) in [5.74, 6) is -2.42. The lowest BCUT2D eigenvalue weighted by molar-refractivity contribution is -0.149. The van der Waals surface area contributed by atoms with Crippen molar-refractivity contribution >= 4 is 29.1 Å². The Morgan fingerprint density at radius 3 is 2.36 bits per heavy atom. The van der Waals surface area contributed by atoms with E-state index in [-0.39, 0.29) is 30.2 Å². The lowest BCUT2D eigenvalue weighted by atomic mass is 9.62. The zero-order valence-electron chi connectivity index (χ0n) is 22.2. The summed E-state index contributed by atoms with van der Waals surface area (Å²) in [4.78, 5) is 44.6. The Morgan fingerprint density at radius 1 is 1.19 bits per heavy atom. The molecule has 9 heteroatoms. The number of aliphatic hydroxyl groups is 1. The topological polar surface area (TPSA) is 111 Å². The van der Waals surface area contributed by atoms with Crippen molar-refractivity contribution in [3.8, 4) is 0 Å². The molecule has 2 bridgehead atoms. The lowest BCUT2D eigenvalue weighted by Crippen LogP contribution is -2.56. The van der Waals surface area contributed by atoms with E-state index in [2.05, 4.69) is 29.4 Å². The first-order chi connectivity index (χ1) is 17.1. The SMILES string of the molecule is CC[C@@H](CO)N1C(=O)[C@@H]2[C@H](C(=O)NC)[C@@]3(C)OC2(CC3C)C1C(=O)Nc1ccc(N(CC)CC)cc1. The molecule has 198 valence electrons. The van der Waals surface area contributed by atoms with Gasteiger partial charge in [-0.2, -0.15) is 0 Å². The van der Waals surface area contributed by atoms with Crippen LogP contribution in [0.5, 0.6) is 0 Å². The van der Waals surface area contributed by atoms with Gasteiger partial charge in [0.25, 0.3) is 0 Å². The highest BCUT2D eigenvalue weighted by atomic mass is 16.5. The zero-order chi connectivity index (χ0) is 26.4.